The second-order valence-electron chi connectivity index (χ2n) is 4.98. The van der Waals surface area contributed by atoms with Crippen LogP contribution in [0.15, 0.2) is 53.4 Å². The largest absolute Gasteiger partial charge is 0.341 e. The number of rotatable bonds is 5. The van der Waals surface area contributed by atoms with Crippen LogP contribution < -0.4 is 5.32 Å². The Morgan fingerprint density at radius 3 is 2.26 bits per heavy atom. The van der Waals surface area contributed by atoms with Gasteiger partial charge in [0.2, 0.25) is 15.7 Å². The van der Waals surface area contributed by atoms with E-state index in [2.05, 4.69) is 5.32 Å². The molecule has 0 heterocycles. The van der Waals surface area contributed by atoms with Crippen LogP contribution in [0.2, 0.25) is 0 Å². The Kier molecular flexibility index (Phi) is 5.10. The van der Waals surface area contributed by atoms with Crippen LogP contribution in [0.25, 0.3) is 0 Å². The number of hydrogen-bond acceptors (Lipinski definition) is 3. The summed E-state index contributed by atoms with van der Waals surface area (Å²) in [7, 11) is -4.62. The summed E-state index contributed by atoms with van der Waals surface area (Å²) in [4.78, 5) is 11.5. The minimum Gasteiger partial charge on any atom is -0.326 e. The fourth-order valence-corrected chi connectivity index (χ4v) is 2.74. The van der Waals surface area contributed by atoms with Crippen molar-refractivity contribution in [3.63, 3.8) is 0 Å². The topological polar surface area (TPSA) is 63.2 Å². The van der Waals surface area contributed by atoms with Gasteiger partial charge in [-0.25, -0.2) is 8.42 Å². The number of amides is 1. The van der Waals surface area contributed by atoms with E-state index in [1.54, 1.807) is 0 Å². The highest BCUT2D eigenvalue weighted by atomic mass is 32.2. The number of carbonyl (C=O) groups is 1. The lowest BCUT2D eigenvalue weighted by Gasteiger charge is -2.08. The van der Waals surface area contributed by atoms with Crippen LogP contribution in [0, 0.1) is 6.92 Å². The van der Waals surface area contributed by atoms with Gasteiger partial charge in [0, 0.05) is 5.69 Å². The van der Waals surface area contributed by atoms with Crippen LogP contribution in [0.4, 0.5) is 14.5 Å². The molecule has 0 aliphatic heterocycles. The zero-order valence-corrected chi connectivity index (χ0v) is 13.1. The minimum absolute atomic E-state index is 0.170. The molecule has 2 aromatic carbocycles. The Morgan fingerprint density at radius 2 is 1.70 bits per heavy atom. The molecule has 0 saturated heterocycles. The van der Waals surface area contributed by atoms with E-state index in [1.165, 1.54) is 12.1 Å². The Bertz CT molecular complexity index is 802. The van der Waals surface area contributed by atoms with E-state index < -0.39 is 20.5 Å². The molecule has 0 spiro atoms. The van der Waals surface area contributed by atoms with Gasteiger partial charge < -0.3 is 5.32 Å². The van der Waals surface area contributed by atoms with E-state index in [0.717, 1.165) is 23.3 Å². The standard InChI is InChI=1S/C16H15F2NO3S/c1-11-4-2-3-5-12(11)10-15(20)19-13-6-8-14(9-7-13)23(21,22)16(17)18/h2-9,16H,10H2,1H3,(H,19,20). The molecule has 0 unspecified atom stereocenters. The minimum atomic E-state index is -4.62. The lowest BCUT2D eigenvalue weighted by atomic mass is 10.1. The highest BCUT2D eigenvalue weighted by Crippen LogP contribution is 2.20. The zero-order valence-electron chi connectivity index (χ0n) is 12.3. The summed E-state index contributed by atoms with van der Waals surface area (Å²) in [6, 6.07) is 12.1. The van der Waals surface area contributed by atoms with Gasteiger partial charge in [0.1, 0.15) is 0 Å². The fraction of sp³-hybridized carbons (Fsp3) is 0.188. The van der Waals surface area contributed by atoms with Gasteiger partial charge in [-0.3, -0.25) is 4.79 Å². The van der Waals surface area contributed by atoms with Gasteiger partial charge in [-0.2, -0.15) is 8.78 Å². The molecule has 0 saturated carbocycles. The van der Waals surface area contributed by atoms with Crippen LogP contribution in [0.1, 0.15) is 11.1 Å². The second-order valence-corrected chi connectivity index (χ2v) is 6.90. The average Bonchev–Trinajstić information content (AvgIpc) is 2.50. The average molecular weight is 339 g/mol. The quantitative estimate of drug-likeness (QED) is 0.910. The molecule has 2 aromatic rings. The Labute approximate surface area is 133 Å². The third kappa shape index (κ3) is 4.13. The van der Waals surface area contributed by atoms with Crippen molar-refractivity contribution in [1.82, 2.24) is 0 Å². The third-order valence-corrected chi connectivity index (χ3v) is 4.71. The van der Waals surface area contributed by atoms with Crippen molar-refractivity contribution < 1.29 is 22.0 Å². The van der Waals surface area contributed by atoms with E-state index in [4.69, 9.17) is 0 Å². The maximum absolute atomic E-state index is 12.4. The number of benzene rings is 2. The summed E-state index contributed by atoms with van der Waals surface area (Å²) in [5.41, 5.74) is 2.21. The van der Waals surface area contributed by atoms with Gasteiger partial charge in [-0.15, -0.1) is 0 Å². The number of alkyl halides is 2. The van der Waals surface area contributed by atoms with E-state index in [0.29, 0.717) is 5.69 Å². The van der Waals surface area contributed by atoms with Crippen LogP contribution in [-0.4, -0.2) is 20.1 Å². The molecule has 0 radical (unpaired) electrons. The molecule has 0 aliphatic carbocycles. The van der Waals surface area contributed by atoms with E-state index >= 15 is 0 Å². The smallest absolute Gasteiger partial charge is 0.326 e. The lowest BCUT2D eigenvalue weighted by molar-refractivity contribution is -0.115. The first-order chi connectivity index (χ1) is 10.8. The number of carbonyl (C=O) groups excluding carboxylic acids is 1. The van der Waals surface area contributed by atoms with Crippen LogP contribution >= 0.6 is 0 Å². The summed E-state index contributed by atoms with van der Waals surface area (Å²) >= 11 is 0. The first-order valence-corrected chi connectivity index (χ1v) is 8.32. The molecular formula is C16H15F2NO3S. The lowest BCUT2D eigenvalue weighted by Crippen LogP contribution is -2.15. The molecular weight excluding hydrogens is 324 g/mol. The summed E-state index contributed by atoms with van der Waals surface area (Å²) in [5.74, 6) is -3.74. The number of halogens is 2. The summed E-state index contributed by atoms with van der Waals surface area (Å²) in [6.07, 6.45) is 0.170. The van der Waals surface area contributed by atoms with Gasteiger partial charge in [0.15, 0.2) is 0 Å². The molecule has 4 nitrogen and oxygen atoms in total. The zero-order chi connectivity index (χ0) is 17.0. The summed E-state index contributed by atoms with van der Waals surface area (Å²) in [6.45, 7) is 1.90. The fourth-order valence-electron chi connectivity index (χ4n) is 2.02. The Morgan fingerprint density at radius 1 is 1.09 bits per heavy atom. The van der Waals surface area contributed by atoms with Gasteiger partial charge >= 0.3 is 5.76 Å². The van der Waals surface area contributed by atoms with Crippen molar-refractivity contribution in [2.45, 2.75) is 24.0 Å². The molecule has 0 fully saturated rings. The predicted molar refractivity (Wildman–Crippen MR) is 83.1 cm³/mol. The maximum Gasteiger partial charge on any atom is 0.341 e. The molecule has 1 amide bonds. The number of aryl methyl sites for hydroxylation is 1. The van der Waals surface area contributed by atoms with Crippen LogP contribution in [0.3, 0.4) is 0 Å². The molecule has 7 heteroatoms. The van der Waals surface area contributed by atoms with Gasteiger partial charge in [-0.1, -0.05) is 24.3 Å². The third-order valence-electron chi connectivity index (χ3n) is 3.31. The number of hydrogen-bond donors (Lipinski definition) is 1. The van der Waals surface area contributed by atoms with Crippen LogP contribution in [0.5, 0.6) is 0 Å². The monoisotopic (exact) mass is 339 g/mol. The van der Waals surface area contributed by atoms with Gasteiger partial charge in [0.25, 0.3) is 0 Å². The van der Waals surface area contributed by atoms with E-state index in [9.17, 15) is 22.0 Å². The van der Waals surface area contributed by atoms with Gasteiger partial charge in [-0.05, 0) is 42.3 Å². The van der Waals surface area contributed by atoms with Crippen molar-refractivity contribution in [2.24, 2.45) is 0 Å². The number of sulfone groups is 1. The maximum atomic E-state index is 12.4. The highest BCUT2D eigenvalue weighted by molar-refractivity contribution is 7.91. The normalized spacial score (nSPS) is 11.5. The first kappa shape index (κ1) is 17.1. The number of nitrogens with one attached hydrogen (secondary N) is 1. The van der Waals surface area contributed by atoms with Crippen molar-refractivity contribution in [3.05, 3.63) is 59.7 Å². The Hall–Kier alpha value is -2.28. The SMILES string of the molecule is Cc1ccccc1CC(=O)Nc1ccc(S(=O)(=O)C(F)F)cc1. The first-order valence-electron chi connectivity index (χ1n) is 6.77. The Balaban J connectivity index is 2.07. The second kappa shape index (κ2) is 6.87. The molecule has 23 heavy (non-hydrogen) atoms. The van der Waals surface area contributed by atoms with Crippen molar-refractivity contribution >= 4 is 21.4 Å². The molecule has 1 N–H and O–H groups in total. The molecule has 0 aliphatic rings. The van der Waals surface area contributed by atoms with Gasteiger partial charge in [0.05, 0.1) is 11.3 Å². The van der Waals surface area contributed by atoms with Crippen molar-refractivity contribution in [1.29, 1.82) is 0 Å². The van der Waals surface area contributed by atoms with E-state index in [-0.39, 0.29) is 12.3 Å². The van der Waals surface area contributed by atoms with Crippen LogP contribution in [-0.2, 0) is 21.1 Å². The molecule has 0 aromatic heterocycles. The van der Waals surface area contributed by atoms with E-state index in [1.807, 2.05) is 31.2 Å². The van der Waals surface area contributed by atoms with Crippen molar-refractivity contribution in [2.75, 3.05) is 5.32 Å². The summed E-state index contributed by atoms with van der Waals surface area (Å²) < 4.78 is 47.5. The summed E-state index contributed by atoms with van der Waals surface area (Å²) in [5, 5.41) is 2.60. The molecule has 0 atom stereocenters. The molecule has 0 bridgehead atoms. The predicted octanol–water partition coefficient (Wildman–Crippen LogP) is 3.17. The molecule has 2 rings (SSSR count). The number of anilines is 1. The van der Waals surface area contributed by atoms with Crippen molar-refractivity contribution in [3.8, 4) is 0 Å². The highest BCUT2D eigenvalue weighted by Gasteiger charge is 2.26. The molecule has 122 valence electrons.